The van der Waals surface area contributed by atoms with Crippen LogP contribution in [0.3, 0.4) is 0 Å². The highest BCUT2D eigenvalue weighted by Crippen LogP contribution is 2.36. The van der Waals surface area contributed by atoms with Crippen molar-refractivity contribution in [3.05, 3.63) is 53.1 Å². The van der Waals surface area contributed by atoms with Gasteiger partial charge in [-0.15, -0.1) is 0 Å². The van der Waals surface area contributed by atoms with Gasteiger partial charge < -0.3 is 5.73 Å². The number of aryl methyl sites for hydroxylation is 1. The van der Waals surface area contributed by atoms with Crippen LogP contribution in [-0.2, 0) is 12.7 Å². The van der Waals surface area contributed by atoms with Gasteiger partial charge in [0.05, 0.1) is 17.3 Å². The van der Waals surface area contributed by atoms with E-state index in [2.05, 4.69) is 5.10 Å². The predicted molar refractivity (Wildman–Crippen MR) is 65.3 cm³/mol. The Morgan fingerprint density at radius 3 is 2.60 bits per heavy atom. The Kier molecular flexibility index (Phi) is 3.80. The highest BCUT2D eigenvalue weighted by molar-refractivity contribution is 5.37. The van der Waals surface area contributed by atoms with Crippen LogP contribution in [0.1, 0.15) is 29.8 Å². The van der Waals surface area contributed by atoms with E-state index in [0.29, 0.717) is 18.3 Å². The van der Waals surface area contributed by atoms with Crippen molar-refractivity contribution in [3.63, 3.8) is 0 Å². The summed E-state index contributed by atoms with van der Waals surface area (Å²) < 4.78 is 53.6. The predicted octanol–water partition coefficient (Wildman–Crippen LogP) is 3.11. The van der Waals surface area contributed by atoms with Gasteiger partial charge in [-0.3, -0.25) is 4.68 Å². The van der Waals surface area contributed by atoms with Gasteiger partial charge in [-0.1, -0.05) is 0 Å². The van der Waals surface area contributed by atoms with Crippen molar-refractivity contribution in [2.45, 2.75) is 25.7 Å². The van der Waals surface area contributed by atoms with Crippen molar-refractivity contribution in [2.75, 3.05) is 0 Å². The summed E-state index contributed by atoms with van der Waals surface area (Å²) in [5, 5.41) is 3.96. The van der Waals surface area contributed by atoms with Crippen molar-refractivity contribution in [1.82, 2.24) is 9.78 Å². The smallest absolute Gasteiger partial charge is 0.319 e. The first-order valence-electron chi connectivity index (χ1n) is 5.98. The lowest BCUT2D eigenvalue weighted by atomic mass is 9.98. The molecule has 1 aromatic heterocycles. The lowest BCUT2D eigenvalue weighted by Crippen LogP contribution is -2.21. The van der Waals surface area contributed by atoms with Gasteiger partial charge in [0.25, 0.3) is 0 Å². The van der Waals surface area contributed by atoms with Crippen LogP contribution >= 0.6 is 0 Å². The van der Waals surface area contributed by atoms with Crippen molar-refractivity contribution in [3.8, 4) is 0 Å². The summed E-state index contributed by atoms with van der Waals surface area (Å²) in [6.07, 6.45) is -3.14. The first-order chi connectivity index (χ1) is 9.34. The van der Waals surface area contributed by atoms with Gasteiger partial charge in [-0.2, -0.15) is 18.3 Å². The van der Waals surface area contributed by atoms with Gasteiger partial charge >= 0.3 is 6.18 Å². The minimum absolute atomic E-state index is 0.298. The molecule has 3 nitrogen and oxygen atoms in total. The van der Waals surface area contributed by atoms with Crippen molar-refractivity contribution < 1.29 is 17.6 Å². The summed E-state index contributed by atoms with van der Waals surface area (Å²) >= 11 is 0. The van der Waals surface area contributed by atoms with Gasteiger partial charge in [0.1, 0.15) is 5.82 Å². The summed E-state index contributed by atoms with van der Waals surface area (Å²) in [5.74, 6) is -0.758. The molecule has 0 spiro atoms. The van der Waals surface area contributed by atoms with E-state index in [0.717, 1.165) is 12.1 Å². The number of nitrogens with two attached hydrogens (primary N) is 1. The Bertz CT molecular complexity index is 604. The Morgan fingerprint density at radius 1 is 1.30 bits per heavy atom. The molecule has 1 unspecified atom stereocenters. The van der Waals surface area contributed by atoms with Crippen molar-refractivity contribution in [1.29, 1.82) is 0 Å². The Labute approximate surface area is 113 Å². The highest BCUT2D eigenvalue weighted by Gasteiger charge is 2.35. The van der Waals surface area contributed by atoms with Crippen LogP contribution < -0.4 is 5.73 Å². The molecule has 0 saturated heterocycles. The van der Waals surface area contributed by atoms with Crippen LogP contribution in [0.4, 0.5) is 17.6 Å². The third-order valence-corrected chi connectivity index (χ3v) is 3.02. The second-order valence-corrected chi connectivity index (χ2v) is 4.28. The third kappa shape index (κ3) is 2.67. The molecule has 0 radical (unpaired) electrons. The van der Waals surface area contributed by atoms with E-state index in [1.807, 2.05) is 0 Å². The average Bonchev–Trinajstić information content (AvgIpc) is 2.84. The van der Waals surface area contributed by atoms with E-state index < -0.39 is 23.6 Å². The maximum Gasteiger partial charge on any atom is 0.416 e. The van der Waals surface area contributed by atoms with E-state index in [4.69, 9.17) is 5.73 Å². The first-order valence-corrected chi connectivity index (χ1v) is 5.98. The van der Waals surface area contributed by atoms with Gasteiger partial charge in [0.2, 0.25) is 0 Å². The number of rotatable bonds is 3. The molecule has 0 bridgehead atoms. The van der Waals surface area contributed by atoms with Crippen LogP contribution in [-0.4, -0.2) is 9.78 Å². The fourth-order valence-corrected chi connectivity index (χ4v) is 2.08. The number of hydrogen-bond acceptors (Lipinski definition) is 2. The Hall–Kier alpha value is -1.89. The molecular formula is C13H13F4N3. The number of halogens is 4. The second-order valence-electron chi connectivity index (χ2n) is 4.28. The summed E-state index contributed by atoms with van der Waals surface area (Å²) in [5.41, 5.74) is 5.05. The molecule has 0 amide bonds. The van der Waals surface area contributed by atoms with Crippen LogP contribution in [0, 0.1) is 5.82 Å². The fraction of sp³-hybridized carbons (Fsp3) is 0.308. The number of benzene rings is 1. The lowest BCUT2D eigenvalue weighted by Gasteiger charge is -2.19. The zero-order valence-electron chi connectivity index (χ0n) is 10.7. The SMILES string of the molecule is CCn1nccc1C(N)c1cc(F)ccc1C(F)(F)F. The molecule has 1 aromatic carbocycles. The van der Waals surface area contributed by atoms with Crippen molar-refractivity contribution >= 4 is 0 Å². The first kappa shape index (κ1) is 14.5. The number of aromatic nitrogens is 2. The Morgan fingerprint density at radius 2 is 2.00 bits per heavy atom. The van der Waals surface area contributed by atoms with Crippen LogP contribution in [0.15, 0.2) is 30.5 Å². The minimum atomic E-state index is -4.59. The topological polar surface area (TPSA) is 43.8 Å². The molecule has 0 aliphatic carbocycles. The van der Waals surface area contributed by atoms with Crippen LogP contribution in [0.25, 0.3) is 0 Å². The lowest BCUT2D eigenvalue weighted by molar-refractivity contribution is -0.138. The number of alkyl halides is 3. The molecule has 20 heavy (non-hydrogen) atoms. The highest BCUT2D eigenvalue weighted by atomic mass is 19.4. The molecule has 0 aliphatic rings. The second kappa shape index (κ2) is 5.24. The molecule has 2 aromatic rings. The standard InChI is InChI=1S/C13H13F4N3/c1-2-20-11(5-6-19-20)12(18)9-7-8(14)3-4-10(9)13(15,16)17/h3-7,12H,2,18H2,1H3. The van der Waals surface area contributed by atoms with E-state index in [9.17, 15) is 17.6 Å². The third-order valence-electron chi connectivity index (χ3n) is 3.02. The van der Waals surface area contributed by atoms with E-state index >= 15 is 0 Å². The van der Waals surface area contributed by atoms with Gasteiger partial charge in [-0.25, -0.2) is 4.39 Å². The zero-order chi connectivity index (χ0) is 14.9. The summed E-state index contributed by atoms with van der Waals surface area (Å²) in [6.45, 7) is 2.26. The van der Waals surface area contributed by atoms with Gasteiger partial charge in [0.15, 0.2) is 0 Å². The molecular weight excluding hydrogens is 274 g/mol. The molecule has 2 N–H and O–H groups in total. The zero-order valence-corrected chi connectivity index (χ0v) is 10.7. The van der Waals surface area contributed by atoms with Crippen LogP contribution in [0.2, 0.25) is 0 Å². The van der Waals surface area contributed by atoms with Crippen LogP contribution in [0.5, 0.6) is 0 Å². The normalized spacial score (nSPS) is 13.5. The molecule has 108 valence electrons. The maximum absolute atomic E-state index is 13.3. The summed E-state index contributed by atoms with van der Waals surface area (Å²) in [6, 6.07) is 2.73. The number of nitrogens with zero attached hydrogens (tertiary/aromatic N) is 2. The Balaban J connectivity index is 2.54. The molecule has 1 heterocycles. The molecule has 0 saturated carbocycles. The van der Waals surface area contributed by atoms with Crippen molar-refractivity contribution in [2.24, 2.45) is 5.73 Å². The summed E-state index contributed by atoms with van der Waals surface area (Å²) in [7, 11) is 0. The average molecular weight is 287 g/mol. The molecule has 1 atom stereocenters. The summed E-state index contributed by atoms with van der Waals surface area (Å²) in [4.78, 5) is 0. The van der Waals surface area contributed by atoms with E-state index in [-0.39, 0.29) is 5.56 Å². The largest absolute Gasteiger partial charge is 0.416 e. The minimum Gasteiger partial charge on any atom is -0.319 e. The van der Waals surface area contributed by atoms with E-state index in [1.54, 1.807) is 6.92 Å². The molecule has 0 aliphatic heterocycles. The van der Waals surface area contributed by atoms with Gasteiger partial charge in [-0.05, 0) is 36.8 Å². The number of hydrogen-bond donors (Lipinski definition) is 1. The molecule has 2 rings (SSSR count). The quantitative estimate of drug-likeness (QED) is 0.881. The molecule has 7 heteroatoms. The van der Waals surface area contributed by atoms with E-state index in [1.165, 1.54) is 16.9 Å². The molecule has 0 fully saturated rings. The maximum atomic E-state index is 13.3. The van der Waals surface area contributed by atoms with Gasteiger partial charge in [0, 0.05) is 12.7 Å². The monoisotopic (exact) mass is 287 g/mol. The fourth-order valence-electron chi connectivity index (χ4n) is 2.08.